The van der Waals surface area contributed by atoms with Crippen LogP contribution in [0.2, 0.25) is 0 Å². The van der Waals surface area contributed by atoms with Gasteiger partial charge in [-0.2, -0.15) is 5.10 Å². The van der Waals surface area contributed by atoms with E-state index in [4.69, 9.17) is 4.74 Å². The van der Waals surface area contributed by atoms with Gasteiger partial charge in [-0.05, 0) is 44.2 Å². The van der Waals surface area contributed by atoms with Gasteiger partial charge >= 0.3 is 0 Å². The summed E-state index contributed by atoms with van der Waals surface area (Å²) in [7, 11) is 3.83. The van der Waals surface area contributed by atoms with Crippen molar-refractivity contribution in [3.8, 4) is 0 Å². The summed E-state index contributed by atoms with van der Waals surface area (Å²) in [4.78, 5) is 19.1. The van der Waals surface area contributed by atoms with E-state index in [2.05, 4.69) is 38.0 Å². The van der Waals surface area contributed by atoms with Crippen molar-refractivity contribution in [2.75, 3.05) is 52.3 Å². The lowest BCUT2D eigenvalue weighted by Gasteiger charge is -2.18. The van der Waals surface area contributed by atoms with Crippen molar-refractivity contribution < 1.29 is 9.53 Å². The van der Waals surface area contributed by atoms with E-state index < -0.39 is 0 Å². The van der Waals surface area contributed by atoms with Crippen molar-refractivity contribution in [2.45, 2.75) is 26.4 Å². The van der Waals surface area contributed by atoms with Gasteiger partial charge in [-0.15, -0.1) is 0 Å². The van der Waals surface area contributed by atoms with Gasteiger partial charge in [-0.1, -0.05) is 12.1 Å². The summed E-state index contributed by atoms with van der Waals surface area (Å²) in [6.45, 7) is 7.05. The number of ether oxygens (including phenoxy) is 1. The molecule has 0 bridgehead atoms. The maximum Gasteiger partial charge on any atom is 0.246 e. The van der Waals surface area contributed by atoms with E-state index in [0.29, 0.717) is 6.54 Å². The molecule has 1 heterocycles. The van der Waals surface area contributed by atoms with Gasteiger partial charge in [0.25, 0.3) is 0 Å². The van der Waals surface area contributed by atoms with Gasteiger partial charge in [0.2, 0.25) is 5.91 Å². The van der Waals surface area contributed by atoms with E-state index in [1.54, 1.807) is 30.3 Å². The average molecular weight is 430 g/mol. The molecular formula is C22H35N7O2. The summed E-state index contributed by atoms with van der Waals surface area (Å²) >= 11 is 0. The number of likely N-dealkylation sites (N-methyl/N-ethyl adjacent to an activating group) is 1. The molecule has 1 amide bonds. The van der Waals surface area contributed by atoms with Gasteiger partial charge in [0.1, 0.15) is 6.54 Å². The first-order chi connectivity index (χ1) is 15.1. The third-order valence-corrected chi connectivity index (χ3v) is 4.51. The Labute approximate surface area is 184 Å². The van der Waals surface area contributed by atoms with Crippen LogP contribution in [-0.2, 0) is 22.6 Å². The highest BCUT2D eigenvalue weighted by Crippen LogP contribution is 2.11. The first-order valence-electron chi connectivity index (χ1n) is 10.7. The smallest absolute Gasteiger partial charge is 0.246 e. The Balaban J connectivity index is 1.83. The Bertz CT molecular complexity index is 793. The second-order valence-electron chi connectivity index (χ2n) is 7.22. The van der Waals surface area contributed by atoms with E-state index in [1.165, 1.54) is 0 Å². The molecule has 0 radical (unpaired) electrons. The van der Waals surface area contributed by atoms with Gasteiger partial charge in [0.15, 0.2) is 5.96 Å². The van der Waals surface area contributed by atoms with Gasteiger partial charge in [-0.25, -0.2) is 4.99 Å². The molecule has 0 saturated carbocycles. The highest BCUT2D eigenvalue weighted by atomic mass is 16.5. The molecule has 9 heteroatoms. The molecule has 0 aliphatic heterocycles. The fourth-order valence-electron chi connectivity index (χ4n) is 2.96. The topological polar surface area (TPSA) is 95.8 Å². The number of carbonyl (C=O) groups is 1. The molecule has 0 spiro atoms. The number of hydrogen-bond donors (Lipinski definition) is 3. The number of rotatable bonds is 13. The minimum atomic E-state index is -0.117. The number of nitrogens with zero attached hydrogens (tertiary/aromatic N) is 4. The van der Waals surface area contributed by atoms with E-state index in [1.807, 2.05) is 31.2 Å². The maximum absolute atomic E-state index is 12.2. The van der Waals surface area contributed by atoms with Gasteiger partial charge in [0, 0.05) is 58.0 Å². The largest absolute Gasteiger partial charge is 0.385 e. The van der Waals surface area contributed by atoms with Gasteiger partial charge < -0.3 is 25.6 Å². The van der Waals surface area contributed by atoms with Crippen molar-refractivity contribution in [1.82, 2.24) is 25.3 Å². The molecule has 170 valence electrons. The van der Waals surface area contributed by atoms with Gasteiger partial charge in [-0.3, -0.25) is 9.48 Å². The number of guanidine groups is 1. The fourth-order valence-corrected chi connectivity index (χ4v) is 2.96. The maximum atomic E-state index is 12.2. The van der Waals surface area contributed by atoms with Crippen LogP contribution in [0.15, 0.2) is 47.7 Å². The molecule has 0 aliphatic rings. The minimum absolute atomic E-state index is 0.117. The first-order valence-corrected chi connectivity index (χ1v) is 10.7. The summed E-state index contributed by atoms with van der Waals surface area (Å²) in [5.41, 5.74) is 1.77. The Morgan fingerprint density at radius 3 is 2.87 bits per heavy atom. The molecule has 0 unspecified atom stereocenters. The highest BCUT2D eigenvalue weighted by molar-refractivity contribution is 5.90. The number of nitrogens with one attached hydrogen (secondary N) is 3. The van der Waals surface area contributed by atoms with Gasteiger partial charge in [0.05, 0.1) is 6.54 Å². The molecule has 9 nitrogen and oxygen atoms in total. The van der Waals surface area contributed by atoms with Crippen LogP contribution in [0.3, 0.4) is 0 Å². The predicted molar refractivity (Wildman–Crippen MR) is 124 cm³/mol. The van der Waals surface area contributed by atoms with Crippen molar-refractivity contribution in [3.05, 3.63) is 48.3 Å². The van der Waals surface area contributed by atoms with Crippen LogP contribution in [0.4, 0.5) is 5.69 Å². The molecule has 1 aromatic heterocycles. The standard InChI is InChI=1S/C22H35N7O2/c1-4-23-22(24-11-14-28(2)12-7-15-31-3)25-17-19-8-5-9-20(16-19)27-21(30)18-29-13-6-10-26-29/h5-6,8-10,13,16H,4,7,11-12,14-15,17-18H2,1-3H3,(H,27,30)(H2,23,24,25). The van der Waals surface area contributed by atoms with E-state index >= 15 is 0 Å². The van der Waals surface area contributed by atoms with Crippen molar-refractivity contribution in [3.63, 3.8) is 0 Å². The number of anilines is 1. The normalized spacial score (nSPS) is 11.5. The number of methoxy groups -OCH3 is 1. The third-order valence-electron chi connectivity index (χ3n) is 4.51. The monoisotopic (exact) mass is 429 g/mol. The van der Waals surface area contributed by atoms with Crippen LogP contribution in [0.5, 0.6) is 0 Å². The second kappa shape index (κ2) is 14.2. The third kappa shape index (κ3) is 10.1. The SMILES string of the molecule is CCNC(=NCc1cccc(NC(=O)Cn2cccn2)c1)NCCN(C)CCCOC. The number of amides is 1. The molecular weight excluding hydrogens is 394 g/mol. The zero-order valence-corrected chi connectivity index (χ0v) is 18.8. The molecule has 0 atom stereocenters. The number of hydrogen-bond acceptors (Lipinski definition) is 5. The minimum Gasteiger partial charge on any atom is -0.385 e. The summed E-state index contributed by atoms with van der Waals surface area (Å²) in [5.74, 6) is 0.662. The molecule has 3 N–H and O–H groups in total. The van der Waals surface area contributed by atoms with E-state index in [9.17, 15) is 4.79 Å². The Kier molecular flexibility index (Phi) is 11.1. The van der Waals surface area contributed by atoms with E-state index in [0.717, 1.165) is 56.4 Å². The van der Waals surface area contributed by atoms with Crippen molar-refractivity contribution >= 4 is 17.6 Å². The summed E-state index contributed by atoms with van der Waals surface area (Å²) in [6.07, 6.45) is 4.44. The van der Waals surface area contributed by atoms with Crippen molar-refractivity contribution in [2.24, 2.45) is 4.99 Å². The van der Waals surface area contributed by atoms with Crippen LogP contribution >= 0.6 is 0 Å². The molecule has 2 aromatic rings. The second-order valence-corrected chi connectivity index (χ2v) is 7.22. The summed E-state index contributed by atoms with van der Waals surface area (Å²) < 4.78 is 6.69. The van der Waals surface area contributed by atoms with Crippen LogP contribution in [0, 0.1) is 0 Å². The van der Waals surface area contributed by atoms with Crippen LogP contribution < -0.4 is 16.0 Å². The molecule has 0 aliphatic carbocycles. The quantitative estimate of drug-likeness (QED) is 0.254. The lowest BCUT2D eigenvalue weighted by Crippen LogP contribution is -2.41. The zero-order chi connectivity index (χ0) is 22.3. The fraction of sp³-hybridized carbons (Fsp3) is 0.500. The zero-order valence-electron chi connectivity index (χ0n) is 18.8. The Hall–Kier alpha value is -2.91. The number of benzene rings is 1. The summed E-state index contributed by atoms with van der Waals surface area (Å²) in [5, 5.41) is 13.6. The first kappa shape index (κ1) is 24.4. The van der Waals surface area contributed by atoms with Crippen LogP contribution in [-0.4, -0.2) is 73.5 Å². The molecule has 2 rings (SSSR count). The lowest BCUT2D eigenvalue weighted by molar-refractivity contribution is -0.116. The number of aliphatic imine (C=N–C) groups is 1. The lowest BCUT2D eigenvalue weighted by atomic mass is 10.2. The molecule has 0 saturated heterocycles. The highest BCUT2D eigenvalue weighted by Gasteiger charge is 2.05. The average Bonchev–Trinajstić information content (AvgIpc) is 3.25. The molecule has 31 heavy (non-hydrogen) atoms. The molecule has 1 aromatic carbocycles. The predicted octanol–water partition coefficient (Wildman–Crippen LogP) is 1.55. The molecule has 0 fully saturated rings. The van der Waals surface area contributed by atoms with E-state index in [-0.39, 0.29) is 12.5 Å². The van der Waals surface area contributed by atoms with Crippen LogP contribution in [0.25, 0.3) is 0 Å². The number of aromatic nitrogens is 2. The summed E-state index contributed by atoms with van der Waals surface area (Å²) in [6, 6.07) is 9.53. The Morgan fingerprint density at radius 1 is 1.26 bits per heavy atom. The van der Waals surface area contributed by atoms with Crippen molar-refractivity contribution in [1.29, 1.82) is 0 Å². The van der Waals surface area contributed by atoms with Crippen LogP contribution in [0.1, 0.15) is 18.9 Å². The number of carbonyl (C=O) groups excluding carboxylic acids is 1. The Morgan fingerprint density at radius 2 is 2.13 bits per heavy atom.